The molecule has 0 bridgehead atoms. The van der Waals surface area contributed by atoms with Crippen molar-refractivity contribution in [3.8, 4) is 0 Å². The summed E-state index contributed by atoms with van der Waals surface area (Å²) in [6.45, 7) is 5.54. The molecule has 2 N–H and O–H groups in total. The Hall–Kier alpha value is -2.34. The van der Waals surface area contributed by atoms with E-state index in [1.54, 1.807) is 12.1 Å². The van der Waals surface area contributed by atoms with Crippen LogP contribution in [0.4, 0.5) is 10.5 Å². The lowest BCUT2D eigenvalue weighted by atomic mass is 10.1. The maximum absolute atomic E-state index is 12.3. The second-order valence-corrected chi connectivity index (χ2v) is 8.60. The summed E-state index contributed by atoms with van der Waals surface area (Å²) < 4.78 is 6.15. The highest BCUT2D eigenvalue weighted by molar-refractivity contribution is 9.10. The zero-order valence-corrected chi connectivity index (χ0v) is 17.2. The second-order valence-electron chi connectivity index (χ2n) is 7.68. The van der Waals surface area contributed by atoms with Gasteiger partial charge in [0.25, 0.3) is 5.91 Å². The maximum Gasteiger partial charge on any atom is 0.407 e. The minimum absolute atomic E-state index is 0.0990. The summed E-state index contributed by atoms with van der Waals surface area (Å²) in [6.07, 6.45) is 0.510. The Labute approximate surface area is 167 Å². The van der Waals surface area contributed by atoms with Gasteiger partial charge in [0, 0.05) is 27.7 Å². The van der Waals surface area contributed by atoms with E-state index in [4.69, 9.17) is 4.74 Å². The molecule has 0 heterocycles. The van der Waals surface area contributed by atoms with E-state index in [0.29, 0.717) is 5.56 Å². The Morgan fingerprint density at radius 3 is 2.44 bits per heavy atom. The average molecular weight is 431 g/mol. The summed E-state index contributed by atoms with van der Waals surface area (Å²) in [5.74, 6) is 0.132. The molecule has 2 amide bonds. The Balaban J connectivity index is 1.54. The highest BCUT2D eigenvalue weighted by atomic mass is 79.9. The molecule has 1 saturated carbocycles. The molecule has 0 aliphatic heterocycles. The zero-order valence-electron chi connectivity index (χ0n) is 15.6. The number of benzene rings is 2. The average Bonchev–Trinajstić information content (AvgIpc) is 3.32. The predicted octanol–water partition coefficient (Wildman–Crippen LogP) is 5.08. The third-order valence-corrected chi connectivity index (χ3v) is 4.67. The van der Waals surface area contributed by atoms with Gasteiger partial charge in [-0.05, 0) is 63.1 Å². The highest BCUT2D eigenvalue weighted by Gasteiger charge is 2.40. The minimum atomic E-state index is -0.497. The monoisotopic (exact) mass is 430 g/mol. The summed E-state index contributed by atoms with van der Waals surface area (Å²) in [4.78, 5) is 24.1. The number of anilines is 1. The van der Waals surface area contributed by atoms with E-state index in [2.05, 4.69) is 26.6 Å². The van der Waals surface area contributed by atoms with Crippen LogP contribution in [0.1, 0.15) is 49.0 Å². The third kappa shape index (κ3) is 5.57. The Kier molecular flexibility index (Phi) is 5.56. The van der Waals surface area contributed by atoms with Crippen molar-refractivity contribution in [2.75, 3.05) is 5.32 Å². The van der Waals surface area contributed by atoms with Gasteiger partial charge in [-0.3, -0.25) is 4.79 Å². The van der Waals surface area contributed by atoms with Gasteiger partial charge in [-0.25, -0.2) is 4.79 Å². The molecule has 27 heavy (non-hydrogen) atoms. The van der Waals surface area contributed by atoms with Crippen molar-refractivity contribution in [2.24, 2.45) is 0 Å². The third-order valence-electron chi connectivity index (χ3n) is 4.18. The number of nitrogens with one attached hydrogen (secondary N) is 2. The van der Waals surface area contributed by atoms with Crippen molar-refractivity contribution in [2.45, 2.75) is 44.8 Å². The first-order chi connectivity index (χ1) is 12.7. The zero-order chi connectivity index (χ0) is 19.6. The van der Waals surface area contributed by atoms with Crippen LogP contribution in [0, 0.1) is 0 Å². The van der Waals surface area contributed by atoms with Gasteiger partial charge in [0.1, 0.15) is 5.60 Å². The topological polar surface area (TPSA) is 67.4 Å². The molecule has 0 unspecified atom stereocenters. The first-order valence-electron chi connectivity index (χ1n) is 8.88. The molecule has 0 saturated heterocycles. The minimum Gasteiger partial charge on any atom is -0.444 e. The van der Waals surface area contributed by atoms with Crippen LogP contribution < -0.4 is 10.6 Å². The summed E-state index contributed by atoms with van der Waals surface area (Å²) >= 11 is 3.37. The van der Waals surface area contributed by atoms with E-state index in [9.17, 15) is 9.59 Å². The number of rotatable bonds is 4. The first kappa shape index (κ1) is 19.4. The first-order valence-corrected chi connectivity index (χ1v) is 9.67. The van der Waals surface area contributed by atoms with E-state index in [0.717, 1.165) is 22.1 Å². The molecule has 2 atom stereocenters. The van der Waals surface area contributed by atoms with Gasteiger partial charge < -0.3 is 15.4 Å². The van der Waals surface area contributed by atoms with Crippen molar-refractivity contribution in [1.29, 1.82) is 0 Å². The molecular formula is C21H23BrN2O3. The van der Waals surface area contributed by atoms with Gasteiger partial charge in [-0.1, -0.05) is 34.1 Å². The lowest BCUT2D eigenvalue weighted by Crippen LogP contribution is -2.34. The van der Waals surface area contributed by atoms with Gasteiger partial charge in [-0.15, -0.1) is 0 Å². The van der Waals surface area contributed by atoms with E-state index < -0.39 is 5.60 Å². The summed E-state index contributed by atoms with van der Waals surface area (Å²) in [6, 6.07) is 15.1. The molecule has 142 valence electrons. The molecule has 0 spiro atoms. The van der Waals surface area contributed by atoms with Crippen LogP contribution in [0.25, 0.3) is 0 Å². The molecule has 5 nitrogen and oxygen atoms in total. The molecule has 2 aromatic carbocycles. The van der Waals surface area contributed by atoms with Crippen LogP contribution in [-0.2, 0) is 4.74 Å². The Bertz CT molecular complexity index is 843. The molecule has 2 aromatic rings. The number of amides is 2. The van der Waals surface area contributed by atoms with Crippen LogP contribution >= 0.6 is 15.9 Å². The smallest absolute Gasteiger partial charge is 0.407 e. The fourth-order valence-electron chi connectivity index (χ4n) is 2.83. The Morgan fingerprint density at radius 1 is 1.11 bits per heavy atom. The molecule has 6 heteroatoms. The quantitative estimate of drug-likeness (QED) is 0.710. The van der Waals surface area contributed by atoms with Crippen molar-refractivity contribution in [3.63, 3.8) is 0 Å². The molecule has 1 aliphatic carbocycles. The lowest BCUT2D eigenvalue weighted by molar-refractivity contribution is 0.0522. The van der Waals surface area contributed by atoms with E-state index in [1.807, 2.05) is 57.2 Å². The van der Waals surface area contributed by atoms with E-state index in [1.165, 1.54) is 0 Å². The van der Waals surface area contributed by atoms with E-state index in [-0.39, 0.29) is 24.0 Å². The van der Waals surface area contributed by atoms with Crippen molar-refractivity contribution in [1.82, 2.24) is 5.32 Å². The van der Waals surface area contributed by atoms with Gasteiger partial charge in [-0.2, -0.15) is 0 Å². The number of halogens is 1. The van der Waals surface area contributed by atoms with Gasteiger partial charge >= 0.3 is 6.09 Å². The van der Waals surface area contributed by atoms with E-state index >= 15 is 0 Å². The van der Waals surface area contributed by atoms with Crippen LogP contribution in [0.2, 0.25) is 0 Å². The maximum atomic E-state index is 12.3. The van der Waals surface area contributed by atoms with Crippen LogP contribution in [-0.4, -0.2) is 23.6 Å². The Morgan fingerprint density at radius 2 is 1.81 bits per heavy atom. The summed E-state index contributed by atoms with van der Waals surface area (Å²) in [7, 11) is 0. The SMILES string of the molecule is CC(C)(C)OC(=O)N[C@@H]1C[C@H]1c1ccc(NC(=O)c2cccc(Br)c2)cc1. The fraction of sp³-hybridized carbons (Fsp3) is 0.333. The van der Waals surface area contributed by atoms with Gasteiger partial charge in [0.05, 0.1) is 0 Å². The summed E-state index contributed by atoms with van der Waals surface area (Å²) in [5, 5.41) is 5.79. The van der Waals surface area contributed by atoms with Crippen molar-refractivity contribution >= 4 is 33.6 Å². The van der Waals surface area contributed by atoms with Crippen molar-refractivity contribution < 1.29 is 14.3 Å². The lowest BCUT2D eigenvalue weighted by Gasteiger charge is -2.19. The number of alkyl carbamates (subject to hydrolysis) is 1. The van der Waals surface area contributed by atoms with Crippen LogP contribution in [0.15, 0.2) is 53.0 Å². The number of carbonyl (C=O) groups is 2. The number of carbonyl (C=O) groups excluding carboxylic acids is 2. The normalized spacial score (nSPS) is 18.5. The number of hydrogen-bond donors (Lipinski definition) is 2. The molecular weight excluding hydrogens is 408 g/mol. The predicted molar refractivity (Wildman–Crippen MR) is 109 cm³/mol. The number of ether oxygens (including phenoxy) is 1. The van der Waals surface area contributed by atoms with Gasteiger partial charge in [0.2, 0.25) is 0 Å². The standard InChI is InChI=1S/C21H23BrN2O3/c1-21(2,3)27-20(26)24-18-12-17(18)13-7-9-16(10-8-13)23-19(25)14-5-4-6-15(22)11-14/h4-11,17-18H,12H2,1-3H3,(H,23,25)(H,24,26)/t17-,18+/m0/s1. The molecule has 0 radical (unpaired) electrons. The molecule has 3 rings (SSSR count). The van der Waals surface area contributed by atoms with Crippen molar-refractivity contribution in [3.05, 3.63) is 64.1 Å². The van der Waals surface area contributed by atoms with Crippen LogP contribution in [0.5, 0.6) is 0 Å². The summed E-state index contributed by atoms with van der Waals surface area (Å²) in [5.41, 5.74) is 1.97. The molecule has 1 fully saturated rings. The number of hydrogen-bond acceptors (Lipinski definition) is 3. The molecule has 0 aromatic heterocycles. The van der Waals surface area contributed by atoms with Crippen LogP contribution in [0.3, 0.4) is 0 Å². The fourth-order valence-corrected chi connectivity index (χ4v) is 3.23. The highest BCUT2D eigenvalue weighted by Crippen LogP contribution is 2.41. The van der Waals surface area contributed by atoms with Gasteiger partial charge in [0.15, 0.2) is 0 Å². The largest absolute Gasteiger partial charge is 0.444 e. The molecule has 1 aliphatic rings. The second kappa shape index (κ2) is 7.72.